The van der Waals surface area contributed by atoms with Crippen LogP contribution in [-0.2, 0) is 0 Å². The monoisotopic (exact) mass is 286 g/mol. The Morgan fingerprint density at radius 3 is 1.57 bits per heavy atom. The summed E-state index contributed by atoms with van der Waals surface area (Å²) in [6, 6.07) is 0. The van der Waals surface area contributed by atoms with Gasteiger partial charge in [0.1, 0.15) is 7.85 Å². The van der Waals surface area contributed by atoms with E-state index in [4.69, 9.17) is 0 Å². The molecule has 3 aliphatic rings. The van der Waals surface area contributed by atoms with Crippen molar-refractivity contribution in [3.63, 3.8) is 0 Å². The summed E-state index contributed by atoms with van der Waals surface area (Å²) in [5, 5.41) is 0. The third kappa shape index (κ3) is 4.63. The first-order valence-electron chi connectivity index (χ1n) is 9.99. The molecule has 118 valence electrons. The van der Waals surface area contributed by atoms with E-state index in [0.717, 1.165) is 29.5 Å². The summed E-state index contributed by atoms with van der Waals surface area (Å²) in [5.74, 6) is 5.01. The van der Waals surface area contributed by atoms with Crippen LogP contribution in [0.15, 0.2) is 12.2 Å². The Bertz CT molecular complexity index is 313. The number of rotatable bonds is 3. The maximum atomic E-state index is 2.62. The van der Waals surface area contributed by atoms with Crippen LogP contribution in [0.3, 0.4) is 0 Å². The fourth-order valence-electron chi connectivity index (χ4n) is 5.21. The molecule has 21 heavy (non-hydrogen) atoms. The molecule has 0 spiro atoms. The predicted octanol–water partition coefficient (Wildman–Crippen LogP) is 5.54. The molecule has 0 aromatic heterocycles. The van der Waals surface area contributed by atoms with E-state index in [-0.39, 0.29) is 0 Å². The van der Waals surface area contributed by atoms with E-state index >= 15 is 0 Å². The minimum Gasteiger partial charge on any atom is -0.0851 e. The third-order valence-corrected chi connectivity index (χ3v) is 6.85. The van der Waals surface area contributed by atoms with Crippen LogP contribution in [0.5, 0.6) is 0 Å². The molecule has 0 N–H and O–H groups in total. The SMILES string of the molecule is BC1CCC(/C=C/C2CCC(C3CCCCC3)CC2)CC1. The molecule has 0 saturated heterocycles. The van der Waals surface area contributed by atoms with Gasteiger partial charge in [-0.15, -0.1) is 0 Å². The van der Waals surface area contributed by atoms with Crippen LogP contribution in [0.25, 0.3) is 0 Å². The van der Waals surface area contributed by atoms with Gasteiger partial charge in [-0.2, -0.15) is 0 Å². The van der Waals surface area contributed by atoms with Crippen molar-refractivity contribution in [3.05, 3.63) is 12.2 Å². The fourth-order valence-corrected chi connectivity index (χ4v) is 5.21. The van der Waals surface area contributed by atoms with E-state index in [2.05, 4.69) is 20.0 Å². The van der Waals surface area contributed by atoms with Gasteiger partial charge in [0.2, 0.25) is 0 Å². The molecule has 3 rings (SSSR count). The highest BCUT2D eigenvalue weighted by Crippen LogP contribution is 2.40. The summed E-state index contributed by atoms with van der Waals surface area (Å²) < 4.78 is 0. The molecule has 0 radical (unpaired) electrons. The molecule has 0 aromatic rings. The van der Waals surface area contributed by atoms with E-state index in [0.29, 0.717) is 0 Å². The molecule has 1 heteroatoms. The first-order valence-corrected chi connectivity index (χ1v) is 9.99. The van der Waals surface area contributed by atoms with Crippen molar-refractivity contribution in [3.8, 4) is 0 Å². The van der Waals surface area contributed by atoms with Crippen LogP contribution in [0, 0.1) is 23.7 Å². The Morgan fingerprint density at radius 1 is 0.524 bits per heavy atom. The molecule has 0 atom stereocenters. The van der Waals surface area contributed by atoms with Gasteiger partial charge in [0.05, 0.1) is 0 Å². The van der Waals surface area contributed by atoms with Crippen LogP contribution in [-0.4, -0.2) is 7.85 Å². The van der Waals surface area contributed by atoms with Gasteiger partial charge in [-0.1, -0.05) is 62.9 Å². The van der Waals surface area contributed by atoms with Gasteiger partial charge in [0, 0.05) is 0 Å². The summed E-state index contributed by atoms with van der Waals surface area (Å²) in [7, 11) is 2.42. The zero-order valence-electron chi connectivity index (χ0n) is 14.2. The summed E-state index contributed by atoms with van der Waals surface area (Å²) in [6.45, 7) is 0. The van der Waals surface area contributed by atoms with Crippen molar-refractivity contribution >= 4 is 7.85 Å². The van der Waals surface area contributed by atoms with E-state index in [9.17, 15) is 0 Å². The van der Waals surface area contributed by atoms with Crippen molar-refractivity contribution in [1.82, 2.24) is 0 Å². The Hall–Kier alpha value is -0.195. The van der Waals surface area contributed by atoms with E-state index in [1.165, 1.54) is 70.6 Å². The third-order valence-electron chi connectivity index (χ3n) is 6.85. The first kappa shape index (κ1) is 15.7. The highest BCUT2D eigenvalue weighted by molar-refractivity contribution is 6.11. The minimum atomic E-state index is 0.914. The Kier molecular flexibility index (Phi) is 5.89. The van der Waals surface area contributed by atoms with Gasteiger partial charge < -0.3 is 0 Å². The number of hydrogen-bond donors (Lipinski definition) is 0. The standard InChI is InChI=1S/C20H35B/c21-20-14-10-17(11-15-20)7-6-16-8-12-19(13-9-16)18-4-2-1-3-5-18/h6-7,16-20H,1-5,8-15,21H2/b7-6+. The summed E-state index contributed by atoms with van der Waals surface area (Å²) in [4.78, 5) is 0. The maximum Gasteiger partial charge on any atom is 0.105 e. The van der Waals surface area contributed by atoms with Gasteiger partial charge in [-0.25, -0.2) is 0 Å². The lowest BCUT2D eigenvalue weighted by Crippen LogP contribution is -2.23. The summed E-state index contributed by atoms with van der Waals surface area (Å²) in [6.07, 6.45) is 24.7. The average Bonchev–Trinajstić information content (AvgIpc) is 2.56. The number of allylic oxidation sites excluding steroid dienone is 2. The topological polar surface area (TPSA) is 0 Å². The lowest BCUT2D eigenvalue weighted by Gasteiger charge is -2.35. The average molecular weight is 286 g/mol. The van der Waals surface area contributed by atoms with Gasteiger partial charge in [-0.05, 0) is 62.2 Å². The van der Waals surface area contributed by atoms with E-state index < -0.39 is 0 Å². The second-order valence-corrected chi connectivity index (χ2v) is 8.48. The van der Waals surface area contributed by atoms with Crippen LogP contribution >= 0.6 is 0 Å². The molecule has 0 amide bonds. The highest BCUT2D eigenvalue weighted by atomic mass is 14.3. The second-order valence-electron chi connectivity index (χ2n) is 8.48. The smallest absolute Gasteiger partial charge is 0.0851 e. The van der Waals surface area contributed by atoms with Crippen LogP contribution in [0.4, 0.5) is 0 Å². The largest absolute Gasteiger partial charge is 0.105 e. The van der Waals surface area contributed by atoms with Crippen molar-refractivity contribution in [2.75, 3.05) is 0 Å². The molecule has 3 aliphatic carbocycles. The molecule has 0 bridgehead atoms. The molecule has 0 unspecified atom stereocenters. The molecular formula is C20H35B. The Labute approximate surface area is 133 Å². The normalized spacial score (nSPS) is 39.6. The molecule has 3 saturated carbocycles. The minimum absolute atomic E-state index is 0.914. The van der Waals surface area contributed by atoms with Crippen molar-refractivity contribution in [2.45, 2.75) is 89.3 Å². The van der Waals surface area contributed by atoms with Gasteiger partial charge in [-0.3, -0.25) is 0 Å². The van der Waals surface area contributed by atoms with Gasteiger partial charge in [0.15, 0.2) is 0 Å². The van der Waals surface area contributed by atoms with Crippen LogP contribution in [0.2, 0.25) is 5.82 Å². The quantitative estimate of drug-likeness (QED) is 0.472. The zero-order chi connectivity index (χ0) is 14.5. The molecule has 0 aliphatic heterocycles. The zero-order valence-corrected chi connectivity index (χ0v) is 14.2. The lowest BCUT2D eigenvalue weighted by molar-refractivity contribution is 0.180. The summed E-state index contributed by atoms with van der Waals surface area (Å²) >= 11 is 0. The molecule has 3 fully saturated rings. The fraction of sp³-hybridized carbons (Fsp3) is 0.900. The van der Waals surface area contributed by atoms with Crippen LogP contribution in [0.1, 0.15) is 83.5 Å². The van der Waals surface area contributed by atoms with Crippen molar-refractivity contribution in [2.24, 2.45) is 23.7 Å². The maximum absolute atomic E-state index is 2.62. The summed E-state index contributed by atoms with van der Waals surface area (Å²) in [5.41, 5.74) is 0. The van der Waals surface area contributed by atoms with Crippen molar-refractivity contribution in [1.29, 1.82) is 0 Å². The van der Waals surface area contributed by atoms with Gasteiger partial charge in [0.25, 0.3) is 0 Å². The van der Waals surface area contributed by atoms with Crippen LogP contribution < -0.4 is 0 Å². The Balaban J connectivity index is 1.39. The predicted molar refractivity (Wildman–Crippen MR) is 95.4 cm³/mol. The highest BCUT2D eigenvalue weighted by Gasteiger charge is 2.27. The van der Waals surface area contributed by atoms with Crippen molar-refractivity contribution < 1.29 is 0 Å². The first-order chi connectivity index (χ1) is 10.3. The molecular weight excluding hydrogens is 251 g/mol. The van der Waals surface area contributed by atoms with E-state index in [1.807, 2.05) is 0 Å². The number of hydrogen-bond acceptors (Lipinski definition) is 0. The molecule has 0 heterocycles. The lowest BCUT2D eigenvalue weighted by atomic mass is 9.70. The molecule has 0 aromatic carbocycles. The second kappa shape index (κ2) is 7.88. The van der Waals surface area contributed by atoms with Gasteiger partial charge >= 0.3 is 0 Å². The molecule has 0 nitrogen and oxygen atoms in total. The van der Waals surface area contributed by atoms with E-state index in [1.54, 1.807) is 12.8 Å². The Morgan fingerprint density at radius 2 is 1.00 bits per heavy atom.